The zero-order valence-electron chi connectivity index (χ0n) is 18.1. The summed E-state index contributed by atoms with van der Waals surface area (Å²) in [6, 6.07) is 12.0. The van der Waals surface area contributed by atoms with Gasteiger partial charge in [-0.1, -0.05) is 42.1 Å². The Morgan fingerprint density at radius 2 is 1.51 bits per heavy atom. The molecule has 3 aromatic rings. The number of nitrogen functional groups attached to an aromatic ring is 1. The van der Waals surface area contributed by atoms with Gasteiger partial charge >= 0.3 is 5.97 Å². The topological polar surface area (TPSA) is 243 Å². The molecular formula is C20H16CuN5O9S2-. The second-order valence-electron chi connectivity index (χ2n) is 6.90. The summed E-state index contributed by atoms with van der Waals surface area (Å²) < 4.78 is 64.3. The van der Waals surface area contributed by atoms with Crippen LogP contribution in [0.3, 0.4) is 0 Å². The molecule has 0 aliphatic carbocycles. The molecule has 6 N–H and O–H groups in total. The fraction of sp³-hybridized carbons (Fsp3) is 0. The second-order valence-corrected chi connectivity index (χ2v) is 9.75. The zero-order valence-corrected chi connectivity index (χ0v) is 20.7. The predicted molar refractivity (Wildman–Crippen MR) is 126 cm³/mol. The van der Waals surface area contributed by atoms with E-state index in [0.717, 1.165) is 30.3 Å². The number of azo groups is 1. The Labute approximate surface area is 220 Å². The number of hydrogen-bond acceptors (Lipinski definition) is 9. The van der Waals surface area contributed by atoms with Gasteiger partial charge in [-0.15, -0.1) is 10.2 Å². The van der Waals surface area contributed by atoms with Crippen molar-refractivity contribution >= 4 is 49.1 Å². The summed E-state index contributed by atoms with van der Waals surface area (Å²) in [6.07, 6.45) is 0. The van der Waals surface area contributed by atoms with Crippen molar-refractivity contribution in [2.45, 2.75) is 9.79 Å². The van der Waals surface area contributed by atoms with Gasteiger partial charge in [-0.2, -0.15) is 16.8 Å². The normalized spacial score (nSPS) is 12.2. The Morgan fingerprint density at radius 3 is 2.08 bits per heavy atom. The third-order valence-electron chi connectivity index (χ3n) is 4.43. The molecule has 0 spiro atoms. The van der Waals surface area contributed by atoms with E-state index in [9.17, 15) is 40.9 Å². The van der Waals surface area contributed by atoms with Crippen LogP contribution in [0.5, 0.6) is 5.75 Å². The molecule has 0 unspecified atom stereocenters. The van der Waals surface area contributed by atoms with Crippen LogP contribution < -0.4 is 5.73 Å². The number of rotatable bonds is 7. The van der Waals surface area contributed by atoms with E-state index >= 15 is 0 Å². The standard InChI is InChI=1S/C20H17N5O9S2.Cu/c21-15-8-13(36(32,33)34)10-17(18(15)26)23-25-19(11-4-2-1-3-5-11)24-22-16-9-12(35(29,30)31)6-7-14(16)20(27)28;/h1-10H,(H7,21,22,23,24,25,26,27,28,29,30,31,32,33,34);/p-1. The predicted octanol–water partition coefficient (Wildman–Crippen LogP) is 3.31. The summed E-state index contributed by atoms with van der Waals surface area (Å²) in [4.78, 5) is 10.2. The molecule has 0 saturated carbocycles. The molecule has 0 fully saturated rings. The number of phenols is 1. The van der Waals surface area contributed by atoms with Gasteiger partial charge in [-0.25, -0.2) is 4.79 Å². The zero-order chi connectivity index (χ0) is 26.7. The molecule has 0 amide bonds. The molecule has 0 bridgehead atoms. The van der Waals surface area contributed by atoms with Gasteiger partial charge in [0.05, 0.1) is 21.0 Å². The van der Waals surface area contributed by atoms with E-state index in [1.165, 1.54) is 12.1 Å². The van der Waals surface area contributed by atoms with Crippen molar-refractivity contribution in [1.29, 1.82) is 0 Å². The summed E-state index contributed by atoms with van der Waals surface area (Å²) in [5, 5.41) is 30.9. The average molecular weight is 598 g/mol. The van der Waals surface area contributed by atoms with Crippen LogP contribution in [0.15, 0.2) is 85.8 Å². The van der Waals surface area contributed by atoms with Crippen molar-refractivity contribution in [3.8, 4) is 5.75 Å². The third kappa shape index (κ3) is 7.32. The number of aromatic hydroxyl groups is 1. The largest absolute Gasteiger partial charge is 0.571 e. The van der Waals surface area contributed by atoms with E-state index in [1.807, 2.05) is 0 Å². The minimum atomic E-state index is -4.70. The van der Waals surface area contributed by atoms with E-state index in [4.69, 9.17) is 5.73 Å². The van der Waals surface area contributed by atoms with Gasteiger partial charge in [0.15, 0.2) is 5.84 Å². The van der Waals surface area contributed by atoms with E-state index in [1.54, 1.807) is 18.2 Å². The van der Waals surface area contributed by atoms with Crippen LogP contribution in [-0.4, -0.2) is 48.0 Å². The Bertz CT molecular complexity index is 1610. The quantitative estimate of drug-likeness (QED) is 0.0388. The number of carboxylic acids is 1. The van der Waals surface area contributed by atoms with E-state index in [2.05, 4.69) is 20.8 Å². The molecule has 0 heterocycles. The molecule has 0 aliphatic rings. The first kappa shape index (κ1) is 29.4. The van der Waals surface area contributed by atoms with Crippen molar-refractivity contribution in [2.75, 3.05) is 5.73 Å². The SMILES string of the molecule is Nc1cc(S(=O)(=O)O)cc([N-]N=C(N=Nc2cc(S(=O)(=O)O)ccc2C(=O)O)c2ccccc2)c1O.[Cu]. The van der Waals surface area contributed by atoms with Crippen LogP contribution in [0.4, 0.5) is 17.1 Å². The van der Waals surface area contributed by atoms with Crippen molar-refractivity contribution in [3.05, 3.63) is 77.2 Å². The number of hydrogen-bond donors (Lipinski definition) is 5. The molecule has 3 rings (SSSR count). The smallest absolute Gasteiger partial charge is 0.337 e. The minimum absolute atomic E-state index is 0. The number of carbonyl (C=O) groups is 1. The number of amidine groups is 1. The first-order valence-electron chi connectivity index (χ1n) is 9.48. The van der Waals surface area contributed by atoms with E-state index in [0.29, 0.717) is 0 Å². The Morgan fingerprint density at radius 1 is 0.892 bits per heavy atom. The average Bonchev–Trinajstić information content (AvgIpc) is 2.80. The molecule has 0 aromatic heterocycles. The molecule has 3 aromatic carbocycles. The molecule has 17 heteroatoms. The fourth-order valence-corrected chi connectivity index (χ4v) is 3.74. The van der Waals surface area contributed by atoms with Crippen molar-refractivity contribution in [1.82, 2.24) is 0 Å². The second kappa shape index (κ2) is 11.5. The molecule has 0 saturated heterocycles. The first-order chi connectivity index (χ1) is 16.8. The number of anilines is 1. The summed E-state index contributed by atoms with van der Waals surface area (Å²) in [5.74, 6) is -2.39. The number of benzene rings is 3. The first-order valence-corrected chi connectivity index (χ1v) is 12.4. The molecule has 199 valence electrons. The minimum Gasteiger partial charge on any atom is -0.571 e. The van der Waals surface area contributed by atoms with Gasteiger partial charge in [0.25, 0.3) is 20.2 Å². The molecule has 37 heavy (non-hydrogen) atoms. The maximum absolute atomic E-state index is 11.5. The molecule has 1 radical (unpaired) electrons. The van der Waals surface area contributed by atoms with Crippen LogP contribution in [0.25, 0.3) is 5.43 Å². The number of nitrogens with zero attached hydrogens (tertiary/aromatic N) is 4. The number of nitrogens with two attached hydrogens (primary N) is 1. The van der Waals surface area contributed by atoms with Gasteiger partial charge in [-0.05, 0) is 24.3 Å². The van der Waals surface area contributed by atoms with Crippen molar-refractivity contribution in [3.63, 3.8) is 0 Å². The summed E-state index contributed by atoms with van der Waals surface area (Å²) in [5.41, 5.74) is 7.81. The van der Waals surface area contributed by atoms with Crippen LogP contribution in [-0.2, 0) is 37.3 Å². The van der Waals surface area contributed by atoms with Gasteiger partial charge in [0.1, 0.15) is 11.4 Å². The Kier molecular flexibility index (Phi) is 9.10. The van der Waals surface area contributed by atoms with Gasteiger partial charge < -0.3 is 26.5 Å². The van der Waals surface area contributed by atoms with Crippen LogP contribution in [0.2, 0.25) is 0 Å². The van der Waals surface area contributed by atoms with Crippen LogP contribution >= 0.6 is 0 Å². The monoisotopic (exact) mass is 597 g/mol. The molecule has 14 nitrogen and oxygen atoms in total. The third-order valence-corrected chi connectivity index (χ3v) is 6.11. The van der Waals surface area contributed by atoms with E-state index in [-0.39, 0.29) is 28.5 Å². The summed E-state index contributed by atoms with van der Waals surface area (Å²) in [6.45, 7) is 0. The maximum Gasteiger partial charge on any atom is 0.337 e. The van der Waals surface area contributed by atoms with Crippen molar-refractivity contribution in [2.24, 2.45) is 15.3 Å². The number of carboxylic acid groups (broad SMARTS) is 1. The molecule has 0 atom stereocenters. The Balaban J connectivity index is 0.00000481. The van der Waals surface area contributed by atoms with Gasteiger partial charge in [0.2, 0.25) is 0 Å². The number of aromatic carboxylic acids is 1. The number of phenolic OH excluding ortho intramolecular Hbond substituents is 1. The van der Waals surface area contributed by atoms with Crippen LogP contribution in [0.1, 0.15) is 15.9 Å². The fourth-order valence-electron chi connectivity index (χ4n) is 2.70. The van der Waals surface area contributed by atoms with Crippen molar-refractivity contribution < 1.29 is 58.0 Å². The summed E-state index contributed by atoms with van der Waals surface area (Å²) >= 11 is 0. The maximum atomic E-state index is 11.5. The van der Waals surface area contributed by atoms with Crippen LogP contribution in [0, 0.1) is 0 Å². The summed E-state index contributed by atoms with van der Waals surface area (Å²) in [7, 11) is -9.38. The van der Waals surface area contributed by atoms with E-state index < -0.39 is 64.4 Å². The van der Waals surface area contributed by atoms with Gasteiger partial charge in [-0.3, -0.25) is 9.11 Å². The van der Waals surface area contributed by atoms with Gasteiger partial charge in [0, 0.05) is 22.6 Å². The molecule has 0 aliphatic heterocycles. The Hall–Kier alpha value is -3.86. The molecular weight excluding hydrogens is 582 g/mol.